The Morgan fingerprint density at radius 2 is 1.57 bits per heavy atom. The number of nitrogens with one attached hydrogen (secondary N) is 1. The van der Waals surface area contributed by atoms with Gasteiger partial charge in [0.1, 0.15) is 5.82 Å². The van der Waals surface area contributed by atoms with Crippen molar-refractivity contribution in [2.75, 3.05) is 24.3 Å². The molecular weight excluding hydrogens is 370 g/mol. The summed E-state index contributed by atoms with van der Waals surface area (Å²) in [5.41, 5.74) is 8.46. The van der Waals surface area contributed by atoms with Crippen molar-refractivity contribution in [3.63, 3.8) is 0 Å². The highest BCUT2D eigenvalue weighted by atomic mass is 16.1. The van der Waals surface area contributed by atoms with Crippen molar-refractivity contribution in [2.45, 2.75) is 13.8 Å². The van der Waals surface area contributed by atoms with Crippen molar-refractivity contribution in [3.05, 3.63) is 82.9 Å². The molecule has 4 heteroatoms. The fourth-order valence-corrected chi connectivity index (χ4v) is 4.25. The zero-order chi connectivity index (χ0) is 21.0. The number of anilines is 3. The summed E-state index contributed by atoms with van der Waals surface area (Å²) in [6, 6.07) is 20.2. The number of ketones is 1. The van der Waals surface area contributed by atoms with Crippen LogP contribution in [-0.2, 0) is 0 Å². The molecule has 0 saturated heterocycles. The van der Waals surface area contributed by atoms with E-state index >= 15 is 0 Å². The van der Waals surface area contributed by atoms with Crippen molar-refractivity contribution < 1.29 is 4.79 Å². The Balaban J connectivity index is 1.80. The SMILES string of the molecule is Cc1ccc(Nc2ccc3nc(N(C)C)cc4c3c2C(=O)c2ccccc2-4)c(C)c1. The van der Waals surface area contributed by atoms with Crippen LogP contribution >= 0.6 is 0 Å². The molecular formula is C26H23N3O. The maximum atomic E-state index is 13.6. The van der Waals surface area contributed by atoms with Gasteiger partial charge >= 0.3 is 0 Å². The van der Waals surface area contributed by atoms with Gasteiger partial charge in [-0.1, -0.05) is 42.0 Å². The van der Waals surface area contributed by atoms with E-state index in [0.29, 0.717) is 5.56 Å². The molecule has 0 atom stereocenters. The molecule has 148 valence electrons. The molecule has 30 heavy (non-hydrogen) atoms. The second-order valence-electron chi connectivity index (χ2n) is 8.12. The molecule has 0 spiro atoms. The van der Waals surface area contributed by atoms with Gasteiger partial charge in [0.05, 0.1) is 16.8 Å². The van der Waals surface area contributed by atoms with Crippen LogP contribution < -0.4 is 10.2 Å². The molecule has 0 aliphatic heterocycles. The average Bonchev–Trinajstić information content (AvgIpc) is 2.73. The Kier molecular flexibility index (Phi) is 4.10. The zero-order valence-corrected chi connectivity index (χ0v) is 17.6. The standard InChI is InChI=1S/C26H23N3O/c1-15-9-10-20(16(2)13-15)27-22-12-11-21-24-19(14-23(28-21)29(3)4)17-7-5-6-8-18(17)26(30)25(22)24/h5-14,27H,1-4H3. The van der Waals surface area contributed by atoms with Gasteiger partial charge in [0.25, 0.3) is 0 Å². The predicted octanol–water partition coefficient (Wildman–Crippen LogP) is 5.87. The predicted molar refractivity (Wildman–Crippen MR) is 124 cm³/mol. The van der Waals surface area contributed by atoms with Crippen LogP contribution in [0.5, 0.6) is 0 Å². The summed E-state index contributed by atoms with van der Waals surface area (Å²) in [5, 5.41) is 4.43. The van der Waals surface area contributed by atoms with Gasteiger partial charge in [-0.05, 0) is 54.8 Å². The second kappa shape index (κ2) is 6.70. The number of hydrogen-bond acceptors (Lipinski definition) is 4. The quantitative estimate of drug-likeness (QED) is 0.416. The number of hydrogen-bond donors (Lipinski definition) is 1. The van der Waals surface area contributed by atoms with Crippen LogP contribution in [0.1, 0.15) is 27.0 Å². The number of rotatable bonds is 3. The van der Waals surface area contributed by atoms with Gasteiger partial charge in [-0.15, -0.1) is 0 Å². The largest absolute Gasteiger partial charge is 0.363 e. The minimum Gasteiger partial charge on any atom is -0.363 e. The van der Waals surface area contributed by atoms with Gasteiger partial charge in [-0.3, -0.25) is 4.79 Å². The summed E-state index contributed by atoms with van der Waals surface area (Å²) < 4.78 is 0. The third-order valence-electron chi connectivity index (χ3n) is 5.76. The summed E-state index contributed by atoms with van der Waals surface area (Å²) in [6.45, 7) is 4.16. The monoisotopic (exact) mass is 393 g/mol. The molecule has 0 radical (unpaired) electrons. The smallest absolute Gasteiger partial charge is 0.196 e. The van der Waals surface area contributed by atoms with Crippen LogP contribution in [0.3, 0.4) is 0 Å². The maximum Gasteiger partial charge on any atom is 0.196 e. The molecule has 5 rings (SSSR count). The minimum atomic E-state index is 0.0374. The highest BCUT2D eigenvalue weighted by Gasteiger charge is 2.29. The summed E-state index contributed by atoms with van der Waals surface area (Å²) in [4.78, 5) is 20.4. The van der Waals surface area contributed by atoms with Gasteiger partial charge in [0, 0.05) is 30.7 Å². The van der Waals surface area contributed by atoms with E-state index in [1.807, 2.05) is 55.4 Å². The minimum absolute atomic E-state index is 0.0374. The van der Waals surface area contributed by atoms with Crippen molar-refractivity contribution in [1.29, 1.82) is 0 Å². The highest BCUT2D eigenvalue weighted by Crippen LogP contribution is 2.43. The third-order valence-corrected chi connectivity index (χ3v) is 5.76. The van der Waals surface area contributed by atoms with Gasteiger partial charge in [0.2, 0.25) is 0 Å². The normalized spacial score (nSPS) is 12.1. The topological polar surface area (TPSA) is 45.2 Å². The molecule has 1 heterocycles. The second-order valence-corrected chi connectivity index (χ2v) is 8.12. The first-order chi connectivity index (χ1) is 14.4. The van der Waals surface area contributed by atoms with Crippen molar-refractivity contribution >= 4 is 33.9 Å². The van der Waals surface area contributed by atoms with E-state index < -0.39 is 0 Å². The Morgan fingerprint density at radius 3 is 2.30 bits per heavy atom. The number of carbonyl (C=O) groups is 1. The van der Waals surface area contributed by atoms with Crippen molar-refractivity contribution in [2.24, 2.45) is 0 Å². The van der Waals surface area contributed by atoms with Crippen molar-refractivity contribution in [1.82, 2.24) is 4.98 Å². The Bertz CT molecular complexity index is 1340. The molecule has 0 bridgehead atoms. The number of fused-ring (bicyclic) bond motifs is 2. The van der Waals surface area contributed by atoms with E-state index in [1.54, 1.807) is 0 Å². The number of benzene rings is 3. The molecule has 0 fully saturated rings. The molecule has 1 aromatic heterocycles. The third kappa shape index (κ3) is 2.76. The molecule has 1 aliphatic carbocycles. The van der Waals surface area contributed by atoms with Crippen LogP contribution in [0, 0.1) is 13.8 Å². The lowest BCUT2D eigenvalue weighted by molar-refractivity contribution is 0.104. The van der Waals surface area contributed by atoms with Crippen LogP contribution in [0.25, 0.3) is 22.0 Å². The molecule has 4 aromatic rings. The van der Waals surface area contributed by atoms with E-state index in [4.69, 9.17) is 4.98 Å². The molecule has 1 N–H and O–H groups in total. The number of nitrogens with zero attached hydrogens (tertiary/aromatic N) is 2. The van der Waals surface area contributed by atoms with Crippen LogP contribution in [0.15, 0.2) is 60.7 Å². The van der Waals surface area contributed by atoms with Crippen LogP contribution in [-0.4, -0.2) is 24.9 Å². The van der Waals surface area contributed by atoms with E-state index in [2.05, 4.69) is 43.4 Å². The first-order valence-electron chi connectivity index (χ1n) is 10.1. The number of aryl methyl sites for hydroxylation is 2. The summed E-state index contributed by atoms with van der Waals surface area (Å²) in [7, 11) is 3.97. The fourth-order valence-electron chi connectivity index (χ4n) is 4.25. The average molecular weight is 393 g/mol. The Labute approximate surface area is 176 Å². The molecule has 0 saturated carbocycles. The summed E-state index contributed by atoms with van der Waals surface area (Å²) >= 11 is 0. The summed E-state index contributed by atoms with van der Waals surface area (Å²) in [5.74, 6) is 0.915. The van der Waals surface area contributed by atoms with E-state index in [-0.39, 0.29) is 5.78 Å². The molecule has 0 amide bonds. The summed E-state index contributed by atoms with van der Waals surface area (Å²) in [6.07, 6.45) is 0. The van der Waals surface area contributed by atoms with E-state index in [9.17, 15) is 4.79 Å². The Morgan fingerprint density at radius 1 is 0.833 bits per heavy atom. The lowest BCUT2D eigenvalue weighted by Gasteiger charge is -2.24. The van der Waals surface area contributed by atoms with Gasteiger partial charge < -0.3 is 10.2 Å². The number of pyridine rings is 1. The molecule has 4 nitrogen and oxygen atoms in total. The van der Waals surface area contributed by atoms with E-state index in [0.717, 1.165) is 50.3 Å². The lowest BCUT2D eigenvalue weighted by atomic mass is 9.83. The number of carbonyl (C=O) groups excluding carboxylic acids is 1. The van der Waals surface area contributed by atoms with Gasteiger partial charge in [-0.25, -0.2) is 4.98 Å². The highest BCUT2D eigenvalue weighted by molar-refractivity contribution is 6.28. The van der Waals surface area contributed by atoms with Gasteiger partial charge in [0.15, 0.2) is 5.78 Å². The van der Waals surface area contributed by atoms with Crippen LogP contribution in [0.4, 0.5) is 17.2 Å². The lowest BCUT2D eigenvalue weighted by Crippen LogP contribution is -2.15. The first-order valence-corrected chi connectivity index (χ1v) is 10.1. The fraction of sp³-hybridized carbons (Fsp3) is 0.154. The Hall–Kier alpha value is -3.66. The maximum absolute atomic E-state index is 13.6. The molecule has 0 unspecified atom stereocenters. The molecule has 1 aliphatic rings. The first kappa shape index (κ1) is 18.4. The number of aromatic nitrogens is 1. The van der Waals surface area contributed by atoms with Crippen LogP contribution in [0.2, 0.25) is 0 Å². The van der Waals surface area contributed by atoms with E-state index in [1.165, 1.54) is 5.56 Å². The molecule has 3 aromatic carbocycles. The van der Waals surface area contributed by atoms with Gasteiger partial charge in [-0.2, -0.15) is 0 Å². The zero-order valence-electron chi connectivity index (χ0n) is 17.6. The van der Waals surface area contributed by atoms with Crippen molar-refractivity contribution in [3.8, 4) is 11.1 Å².